The number of nitrogens with two attached hydrogens (primary N) is 1. The Morgan fingerprint density at radius 1 is 1.17 bits per heavy atom. The van der Waals surface area contributed by atoms with E-state index >= 15 is 0 Å². The summed E-state index contributed by atoms with van der Waals surface area (Å²) in [5.74, 6) is 0. The summed E-state index contributed by atoms with van der Waals surface area (Å²) < 4.78 is 25.0. The van der Waals surface area contributed by atoms with Crippen molar-refractivity contribution in [2.45, 2.75) is 14.7 Å². The zero-order valence-corrected chi connectivity index (χ0v) is 13.8. The van der Waals surface area contributed by atoms with Crippen LogP contribution in [0.5, 0.6) is 0 Å². The third-order valence-corrected chi connectivity index (χ3v) is 5.43. The van der Waals surface area contributed by atoms with E-state index in [1.165, 1.54) is 28.7 Å². The quantitative estimate of drug-likeness (QED) is 0.778. The van der Waals surface area contributed by atoms with Gasteiger partial charge in [-0.1, -0.05) is 30.0 Å². The van der Waals surface area contributed by atoms with E-state index in [2.05, 4.69) is 5.10 Å². The van der Waals surface area contributed by atoms with Crippen molar-refractivity contribution in [2.75, 3.05) is 0 Å². The lowest BCUT2D eigenvalue weighted by Gasteiger charge is -2.10. The van der Waals surface area contributed by atoms with Gasteiger partial charge in [0, 0.05) is 22.2 Å². The normalized spacial score (nSPS) is 11.7. The lowest BCUT2D eigenvalue weighted by molar-refractivity contribution is 0.596. The first-order valence-corrected chi connectivity index (χ1v) is 8.98. The minimum Gasteiger partial charge on any atom is -0.267 e. The summed E-state index contributed by atoms with van der Waals surface area (Å²) in [5.41, 5.74) is -0.293. The van der Waals surface area contributed by atoms with Crippen molar-refractivity contribution in [3.8, 4) is 0 Å². The first-order chi connectivity index (χ1) is 10.9. The van der Waals surface area contributed by atoms with E-state index in [0.717, 1.165) is 4.90 Å². The van der Waals surface area contributed by atoms with Gasteiger partial charge in [-0.15, -0.1) is 0 Å². The summed E-state index contributed by atoms with van der Waals surface area (Å²) in [4.78, 5) is 13.4. The number of nitrogens with zero attached hydrogens (tertiary/aromatic N) is 2. The molecule has 3 rings (SSSR count). The number of sulfonamides is 1. The molecule has 2 N–H and O–H groups in total. The first kappa shape index (κ1) is 15.7. The molecule has 23 heavy (non-hydrogen) atoms. The van der Waals surface area contributed by atoms with Crippen molar-refractivity contribution >= 4 is 32.6 Å². The largest absolute Gasteiger partial charge is 0.274 e. The molecule has 0 saturated carbocycles. The third-order valence-electron chi connectivity index (χ3n) is 3.29. The Hall–Kier alpha value is -2.16. The Labute approximate surface area is 137 Å². The van der Waals surface area contributed by atoms with Gasteiger partial charge in [0.2, 0.25) is 10.0 Å². The summed E-state index contributed by atoms with van der Waals surface area (Å²) in [6.45, 7) is 0. The van der Waals surface area contributed by atoms with E-state index in [1.807, 2.05) is 30.3 Å². The van der Waals surface area contributed by atoms with Crippen LogP contribution in [0.15, 0.2) is 68.1 Å². The predicted molar refractivity (Wildman–Crippen MR) is 88.9 cm³/mol. The van der Waals surface area contributed by atoms with Crippen LogP contribution in [0.4, 0.5) is 0 Å². The average molecular weight is 347 g/mol. The molecule has 0 aliphatic carbocycles. The van der Waals surface area contributed by atoms with Gasteiger partial charge in [-0.3, -0.25) is 4.79 Å². The second kappa shape index (κ2) is 5.80. The number of aryl methyl sites for hydroxylation is 1. The predicted octanol–water partition coefficient (Wildman–Crippen LogP) is 1.73. The van der Waals surface area contributed by atoms with E-state index < -0.39 is 10.0 Å². The number of benzene rings is 2. The number of fused-ring (bicyclic) bond motifs is 1. The highest BCUT2D eigenvalue weighted by Crippen LogP contribution is 2.34. The Morgan fingerprint density at radius 2 is 1.87 bits per heavy atom. The fourth-order valence-corrected chi connectivity index (χ4v) is 4.15. The summed E-state index contributed by atoms with van der Waals surface area (Å²) in [7, 11) is -2.38. The Morgan fingerprint density at radius 3 is 2.52 bits per heavy atom. The van der Waals surface area contributed by atoms with E-state index in [0.29, 0.717) is 15.7 Å². The number of primary sulfonamides is 1. The summed E-state index contributed by atoms with van der Waals surface area (Å²) in [6.07, 6.45) is 1.45. The summed E-state index contributed by atoms with van der Waals surface area (Å²) in [5, 5.41) is 10.1. The highest BCUT2D eigenvalue weighted by Gasteiger charge is 2.18. The molecule has 0 aliphatic rings. The Balaban J connectivity index is 2.29. The molecule has 0 amide bonds. The van der Waals surface area contributed by atoms with Gasteiger partial charge in [-0.2, -0.15) is 5.10 Å². The van der Waals surface area contributed by atoms with Gasteiger partial charge in [0.15, 0.2) is 0 Å². The lowest BCUT2D eigenvalue weighted by Crippen LogP contribution is -2.20. The molecule has 2 aromatic carbocycles. The molecule has 0 fully saturated rings. The molecule has 118 valence electrons. The molecule has 0 atom stereocenters. The molecule has 6 nitrogen and oxygen atoms in total. The molecule has 8 heteroatoms. The van der Waals surface area contributed by atoms with Gasteiger partial charge in [0.05, 0.1) is 16.5 Å². The molecule has 1 heterocycles. The fraction of sp³-hybridized carbons (Fsp3) is 0.0667. The Bertz CT molecular complexity index is 1040. The number of hydrogen-bond donors (Lipinski definition) is 1. The van der Waals surface area contributed by atoms with Crippen LogP contribution < -0.4 is 10.7 Å². The van der Waals surface area contributed by atoms with Crippen molar-refractivity contribution in [3.63, 3.8) is 0 Å². The van der Waals surface area contributed by atoms with Crippen molar-refractivity contribution in [3.05, 3.63) is 59.0 Å². The third kappa shape index (κ3) is 3.14. The molecule has 0 bridgehead atoms. The van der Waals surface area contributed by atoms with Crippen LogP contribution in [0.2, 0.25) is 0 Å². The van der Waals surface area contributed by atoms with Gasteiger partial charge in [-0.05, 0) is 24.3 Å². The molecular formula is C15H13N3O3S2. The van der Waals surface area contributed by atoms with Crippen LogP contribution in [0.25, 0.3) is 10.8 Å². The second-order valence-electron chi connectivity index (χ2n) is 4.92. The van der Waals surface area contributed by atoms with Gasteiger partial charge < -0.3 is 0 Å². The van der Waals surface area contributed by atoms with Crippen LogP contribution >= 0.6 is 11.8 Å². The SMILES string of the molecule is Cn1ncc2cc(S(N)(=O)=O)c(Sc3ccccc3)cc2c1=O. The van der Waals surface area contributed by atoms with E-state index in [9.17, 15) is 13.2 Å². The molecule has 0 radical (unpaired) electrons. The topological polar surface area (TPSA) is 95.1 Å². The molecule has 0 aliphatic heterocycles. The van der Waals surface area contributed by atoms with Gasteiger partial charge in [0.1, 0.15) is 0 Å². The van der Waals surface area contributed by atoms with E-state index in [-0.39, 0.29) is 10.5 Å². The molecule has 0 spiro atoms. The van der Waals surface area contributed by atoms with Crippen molar-refractivity contribution in [1.82, 2.24) is 9.78 Å². The zero-order valence-electron chi connectivity index (χ0n) is 12.1. The highest BCUT2D eigenvalue weighted by molar-refractivity contribution is 8.00. The van der Waals surface area contributed by atoms with Crippen LogP contribution in [0.1, 0.15) is 0 Å². The van der Waals surface area contributed by atoms with Crippen molar-refractivity contribution in [2.24, 2.45) is 12.2 Å². The van der Waals surface area contributed by atoms with Gasteiger partial charge in [0.25, 0.3) is 5.56 Å². The van der Waals surface area contributed by atoms with Crippen LogP contribution in [-0.4, -0.2) is 18.2 Å². The first-order valence-electron chi connectivity index (χ1n) is 6.62. The minimum atomic E-state index is -3.93. The summed E-state index contributed by atoms with van der Waals surface area (Å²) >= 11 is 1.24. The number of aromatic nitrogens is 2. The molecule has 0 unspecified atom stereocenters. The van der Waals surface area contributed by atoms with Gasteiger partial charge in [-0.25, -0.2) is 18.2 Å². The second-order valence-corrected chi connectivity index (χ2v) is 7.56. The molecule has 1 aromatic heterocycles. The molecule has 0 saturated heterocycles. The van der Waals surface area contributed by atoms with Crippen LogP contribution in [0.3, 0.4) is 0 Å². The van der Waals surface area contributed by atoms with Crippen molar-refractivity contribution in [1.29, 1.82) is 0 Å². The maximum absolute atomic E-state index is 12.2. The smallest absolute Gasteiger partial charge is 0.267 e. The number of hydrogen-bond acceptors (Lipinski definition) is 5. The van der Waals surface area contributed by atoms with Crippen LogP contribution in [-0.2, 0) is 17.1 Å². The fourth-order valence-electron chi connectivity index (χ4n) is 2.16. The average Bonchev–Trinajstić information content (AvgIpc) is 2.51. The minimum absolute atomic E-state index is 0.0195. The highest BCUT2D eigenvalue weighted by atomic mass is 32.2. The maximum Gasteiger partial charge on any atom is 0.274 e. The number of rotatable bonds is 3. The van der Waals surface area contributed by atoms with E-state index in [1.54, 1.807) is 13.1 Å². The standard InChI is InChI=1S/C15H13N3O3S2/c1-18-15(19)12-8-13(22-11-5-3-2-4-6-11)14(23(16,20)21)7-10(12)9-17-18/h2-9H,1H3,(H2,16,20,21). The molecular weight excluding hydrogens is 334 g/mol. The maximum atomic E-state index is 12.2. The Kier molecular flexibility index (Phi) is 3.97. The summed E-state index contributed by atoms with van der Waals surface area (Å²) in [6, 6.07) is 12.2. The zero-order chi connectivity index (χ0) is 16.6. The lowest BCUT2D eigenvalue weighted by atomic mass is 10.2. The molecule has 3 aromatic rings. The van der Waals surface area contributed by atoms with Gasteiger partial charge >= 0.3 is 0 Å². The monoisotopic (exact) mass is 347 g/mol. The van der Waals surface area contributed by atoms with Crippen LogP contribution in [0, 0.1) is 0 Å². The van der Waals surface area contributed by atoms with E-state index in [4.69, 9.17) is 5.14 Å². The van der Waals surface area contributed by atoms with Crippen molar-refractivity contribution < 1.29 is 8.42 Å².